The van der Waals surface area contributed by atoms with E-state index in [9.17, 15) is 4.79 Å². The van der Waals surface area contributed by atoms with Crippen molar-refractivity contribution in [1.82, 2.24) is 4.90 Å². The van der Waals surface area contributed by atoms with Gasteiger partial charge in [0.15, 0.2) is 0 Å². The minimum absolute atomic E-state index is 0.0606. The zero-order valence-corrected chi connectivity index (χ0v) is 13.6. The van der Waals surface area contributed by atoms with Crippen molar-refractivity contribution in [3.63, 3.8) is 0 Å². The van der Waals surface area contributed by atoms with Crippen molar-refractivity contribution in [2.75, 3.05) is 25.4 Å². The third-order valence-corrected chi connectivity index (χ3v) is 4.23. The lowest BCUT2D eigenvalue weighted by atomic mass is 10.0. The predicted molar refractivity (Wildman–Crippen MR) is 83.8 cm³/mol. The van der Waals surface area contributed by atoms with E-state index >= 15 is 0 Å². The molecule has 110 valence electrons. The van der Waals surface area contributed by atoms with E-state index in [1.165, 1.54) is 0 Å². The van der Waals surface area contributed by atoms with Crippen LogP contribution in [0.3, 0.4) is 0 Å². The van der Waals surface area contributed by atoms with Crippen molar-refractivity contribution >= 4 is 27.5 Å². The molecule has 1 aliphatic heterocycles. The molecule has 0 bridgehead atoms. The Bertz CT molecular complexity index is 497. The van der Waals surface area contributed by atoms with Crippen LogP contribution in [-0.2, 0) is 4.74 Å². The first-order valence-electron chi connectivity index (χ1n) is 6.99. The van der Waals surface area contributed by atoms with E-state index in [0.717, 1.165) is 42.6 Å². The molecule has 4 nitrogen and oxygen atoms in total. The molecular weight excluding hydrogens is 320 g/mol. The summed E-state index contributed by atoms with van der Waals surface area (Å²) in [6.45, 7) is 6.12. The van der Waals surface area contributed by atoms with Gasteiger partial charge in [0, 0.05) is 35.4 Å². The van der Waals surface area contributed by atoms with Gasteiger partial charge in [-0.15, -0.1) is 0 Å². The summed E-state index contributed by atoms with van der Waals surface area (Å²) in [6, 6.07) is 3.68. The molecule has 2 N–H and O–H groups in total. The molecule has 0 atom stereocenters. The van der Waals surface area contributed by atoms with Crippen molar-refractivity contribution in [1.29, 1.82) is 0 Å². The summed E-state index contributed by atoms with van der Waals surface area (Å²) in [5.41, 5.74) is 8.11. The van der Waals surface area contributed by atoms with Gasteiger partial charge in [0.1, 0.15) is 0 Å². The predicted octanol–water partition coefficient (Wildman–Crippen LogP) is 2.98. The first-order valence-corrected chi connectivity index (χ1v) is 7.78. The Morgan fingerprint density at radius 3 is 2.70 bits per heavy atom. The van der Waals surface area contributed by atoms with Gasteiger partial charge in [-0.05, 0) is 44.4 Å². The number of nitrogens with two attached hydrogens (primary N) is 1. The summed E-state index contributed by atoms with van der Waals surface area (Å²) < 4.78 is 6.45. The van der Waals surface area contributed by atoms with Gasteiger partial charge in [-0.3, -0.25) is 4.79 Å². The summed E-state index contributed by atoms with van der Waals surface area (Å²) in [7, 11) is 0. The number of halogens is 1. The summed E-state index contributed by atoms with van der Waals surface area (Å²) in [5, 5.41) is 0. The number of anilines is 1. The summed E-state index contributed by atoms with van der Waals surface area (Å²) in [5.74, 6) is 0.0606. The fraction of sp³-hybridized carbons (Fsp3) is 0.533. The number of likely N-dealkylation sites (tertiary alicyclic amines) is 1. The van der Waals surface area contributed by atoms with Gasteiger partial charge in [-0.25, -0.2) is 0 Å². The molecule has 0 aromatic heterocycles. The molecule has 0 unspecified atom stereocenters. The van der Waals surface area contributed by atoms with E-state index in [-0.39, 0.29) is 12.0 Å². The maximum Gasteiger partial charge on any atom is 0.254 e. The molecule has 1 heterocycles. The number of piperidine rings is 1. The second-order valence-electron chi connectivity index (χ2n) is 5.11. The average Bonchev–Trinajstić information content (AvgIpc) is 2.43. The molecule has 0 saturated carbocycles. The molecule has 1 saturated heterocycles. The van der Waals surface area contributed by atoms with E-state index in [1.807, 2.05) is 30.9 Å². The molecule has 1 aromatic rings. The lowest BCUT2D eigenvalue weighted by Gasteiger charge is -2.32. The Morgan fingerprint density at radius 2 is 2.10 bits per heavy atom. The van der Waals surface area contributed by atoms with Gasteiger partial charge in [-0.2, -0.15) is 0 Å². The van der Waals surface area contributed by atoms with Crippen molar-refractivity contribution in [2.24, 2.45) is 0 Å². The summed E-state index contributed by atoms with van der Waals surface area (Å²) in [4.78, 5) is 14.5. The number of hydrogen-bond donors (Lipinski definition) is 1. The second kappa shape index (κ2) is 6.59. The number of carbonyl (C=O) groups excluding carboxylic acids is 1. The van der Waals surface area contributed by atoms with Crippen molar-refractivity contribution in [3.05, 3.63) is 27.7 Å². The molecule has 1 amide bonds. The maximum absolute atomic E-state index is 12.6. The Morgan fingerprint density at radius 1 is 1.45 bits per heavy atom. The Balaban J connectivity index is 2.09. The third kappa shape index (κ3) is 3.33. The molecule has 1 fully saturated rings. The fourth-order valence-electron chi connectivity index (χ4n) is 2.55. The van der Waals surface area contributed by atoms with Crippen LogP contribution in [-0.4, -0.2) is 36.6 Å². The number of nitrogens with zero attached hydrogens (tertiary/aromatic N) is 1. The Hall–Kier alpha value is -1.07. The zero-order chi connectivity index (χ0) is 14.7. The molecule has 0 radical (unpaired) electrons. The summed E-state index contributed by atoms with van der Waals surface area (Å²) in [6.07, 6.45) is 2.10. The molecule has 2 rings (SSSR count). The standard InChI is InChI=1S/C15H21BrN2O2/c1-3-20-12-4-6-18(7-5-12)15(19)13-8-11(16)9-14(17)10(13)2/h8-9,12H,3-7,17H2,1-2H3. The van der Waals surface area contributed by atoms with E-state index in [4.69, 9.17) is 10.5 Å². The van der Waals surface area contributed by atoms with Gasteiger partial charge in [-0.1, -0.05) is 15.9 Å². The SMILES string of the molecule is CCOC1CCN(C(=O)c2cc(Br)cc(N)c2C)CC1. The van der Waals surface area contributed by atoms with Crippen LogP contribution in [0.2, 0.25) is 0 Å². The van der Waals surface area contributed by atoms with Crippen molar-refractivity contribution in [2.45, 2.75) is 32.8 Å². The number of nitrogen functional groups attached to an aromatic ring is 1. The number of ether oxygens (including phenoxy) is 1. The largest absolute Gasteiger partial charge is 0.398 e. The fourth-order valence-corrected chi connectivity index (χ4v) is 3.03. The average molecular weight is 341 g/mol. The van der Waals surface area contributed by atoms with Crippen LogP contribution in [0.4, 0.5) is 5.69 Å². The minimum atomic E-state index is 0.0606. The van der Waals surface area contributed by atoms with Gasteiger partial charge < -0.3 is 15.4 Å². The monoisotopic (exact) mass is 340 g/mol. The van der Waals surface area contributed by atoms with Gasteiger partial charge in [0.2, 0.25) is 0 Å². The highest BCUT2D eigenvalue weighted by atomic mass is 79.9. The number of rotatable bonds is 3. The molecule has 1 aromatic carbocycles. The van der Waals surface area contributed by atoms with E-state index in [0.29, 0.717) is 11.3 Å². The maximum atomic E-state index is 12.6. The molecule has 20 heavy (non-hydrogen) atoms. The van der Waals surface area contributed by atoms with Crippen LogP contribution < -0.4 is 5.73 Å². The quantitative estimate of drug-likeness (QED) is 0.860. The summed E-state index contributed by atoms with van der Waals surface area (Å²) >= 11 is 3.40. The first kappa shape index (κ1) is 15.3. The van der Waals surface area contributed by atoms with Crippen LogP contribution in [0.25, 0.3) is 0 Å². The molecule has 5 heteroatoms. The molecular formula is C15H21BrN2O2. The first-order chi connectivity index (χ1) is 9.52. The number of carbonyl (C=O) groups is 1. The smallest absolute Gasteiger partial charge is 0.254 e. The van der Waals surface area contributed by atoms with Crippen molar-refractivity contribution < 1.29 is 9.53 Å². The van der Waals surface area contributed by atoms with Crippen LogP contribution in [0.15, 0.2) is 16.6 Å². The van der Waals surface area contributed by atoms with Crippen LogP contribution in [0.5, 0.6) is 0 Å². The van der Waals surface area contributed by atoms with Gasteiger partial charge >= 0.3 is 0 Å². The number of hydrogen-bond acceptors (Lipinski definition) is 3. The minimum Gasteiger partial charge on any atom is -0.398 e. The zero-order valence-electron chi connectivity index (χ0n) is 12.0. The van der Waals surface area contributed by atoms with E-state index < -0.39 is 0 Å². The highest BCUT2D eigenvalue weighted by Gasteiger charge is 2.25. The van der Waals surface area contributed by atoms with Gasteiger partial charge in [0.05, 0.1) is 6.10 Å². The molecule has 0 spiro atoms. The molecule has 0 aliphatic carbocycles. The molecule has 1 aliphatic rings. The Kier molecular flexibility index (Phi) is 5.05. The van der Waals surface area contributed by atoms with E-state index in [1.54, 1.807) is 0 Å². The number of benzene rings is 1. The van der Waals surface area contributed by atoms with E-state index in [2.05, 4.69) is 15.9 Å². The lowest BCUT2D eigenvalue weighted by Crippen LogP contribution is -2.41. The van der Waals surface area contributed by atoms with Crippen LogP contribution in [0, 0.1) is 6.92 Å². The topological polar surface area (TPSA) is 55.6 Å². The Labute approximate surface area is 128 Å². The highest BCUT2D eigenvalue weighted by Crippen LogP contribution is 2.25. The normalized spacial score (nSPS) is 16.4. The number of amides is 1. The highest BCUT2D eigenvalue weighted by molar-refractivity contribution is 9.10. The third-order valence-electron chi connectivity index (χ3n) is 3.77. The lowest BCUT2D eigenvalue weighted by molar-refractivity contribution is 0.0146. The van der Waals surface area contributed by atoms with Crippen molar-refractivity contribution in [3.8, 4) is 0 Å². The van der Waals surface area contributed by atoms with Crippen LogP contribution >= 0.6 is 15.9 Å². The second-order valence-corrected chi connectivity index (χ2v) is 6.03. The van der Waals surface area contributed by atoms with Crippen LogP contribution in [0.1, 0.15) is 35.7 Å². The van der Waals surface area contributed by atoms with Gasteiger partial charge in [0.25, 0.3) is 5.91 Å².